The zero-order valence-corrected chi connectivity index (χ0v) is 18.5. The Morgan fingerprint density at radius 2 is 1.11 bits per heavy atom. The minimum Gasteiger partial charge on any atom is -0.453 e. The maximum atomic E-state index is 6.02. The van der Waals surface area contributed by atoms with Crippen molar-refractivity contribution < 1.29 is 4.74 Å². The first-order valence-corrected chi connectivity index (χ1v) is 9.62. The Morgan fingerprint density at radius 3 is 1.58 bits per heavy atom. The van der Waals surface area contributed by atoms with Gasteiger partial charge in [0, 0.05) is 8.95 Å². The van der Waals surface area contributed by atoms with Crippen LogP contribution in [0, 0.1) is 0 Å². The van der Waals surface area contributed by atoms with Gasteiger partial charge in [-0.2, -0.15) is 0 Å². The van der Waals surface area contributed by atoms with E-state index >= 15 is 0 Å². The van der Waals surface area contributed by atoms with E-state index in [9.17, 15) is 0 Å². The summed E-state index contributed by atoms with van der Waals surface area (Å²) < 4.78 is 11.2. The maximum Gasteiger partial charge on any atom is 0.158 e. The number of halogens is 6. The SMILES string of the molecule is Brc1cc(Br)c(Br)c(Oc2c(Br)cccc2Br)c1Br. The summed E-state index contributed by atoms with van der Waals surface area (Å²) in [6, 6.07) is 7.72. The van der Waals surface area contributed by atoms with Crippen molar-refractivity contribution in [2.75, 3.05) is 0 Å². The first-order valence-electron chi connectivity index (χ1n) is 4.86. The van der Waals surface area contributed by atoms with E-state index in [4.69, 9.17) is 4.74 Å². The number of hydrogen-bond donors (Lipinski definition) is 0. The normalized spacial score (nSPS) is 10.6. The summed E-state index contributed by atoms with van der Waals surface area (Å²) in [4.78, 5) is 0. The predicted octanol–water partition coefficient (Wildman–Crippen LogP) is 8.05. The summed E-state index contributed by atoms with van der Waals surface area (Å²) in [7, 11) is 0. The smallest absolute Gasteiger partial charge is 0.158 e. The highest BCUT2D eigenvalue weighted by Gasteiger charge is 2.17. The van der Waals surface area contributed by atoms with E-state index in [2.05, 4.69) is 95.6 Å². The predicted molar refractivity (Wildman–Crippen MR) is 99.2 cm³/mol. The van der Waals surface area contributed by atoms with Crippen LogP contribution in [0.3, 0.4) is 0 Å². The highest BCUT2D eigenvalue weighted by atomic mass is 79.9. The summed E-state index contributed by atoms with van der Waals surface area (Å²) >= 11 is 21.0. The molecule has 0 heterocycles. The second-order valence-corrected chi connectivity index (χ2v) is 8.45. The largest absolute Gasteiger partial charge is 0.453 e. The Bertz CT molecular complexity index is 594. The monoisotopic (exact) mass is 638 g/mol. The van der Waals surface area contributed by atoms with Crippen molar-refractivity contribution in [1.82, 2.24) is 0 Å². The Morgan fingerprint density at radius 1 is 0.632 bits per heavy atom. The molecule has 0 aliphatic heterocycles. The van der Waals surface area contributed by atoms with Crippen LogP contribution in [0.15, 0.2) is 51.1 Å². The van der Waals surface area contributed by atoms with Crippen LogP contribution < -0.4 is 4.74 Å². The lowest BCUT2D eigenvalue weighted by Crippen LogP contribution is -1.91. The van der Waals surface area contributed by atoms with E-state index in [-0.39, 0.29) is 0 Å². The van der Waals surface area contributed by atoms with E-state index in [1.165, 1.54) is 0 Å². The van der Waals surface area contributed by atoms with Crippen molar-refractivity contribution in [3.05, 3.63) is 51.1 Å². The fourth-order valence-corrected chi connectivity index (χ4v) is 4.66. The summed E-state index contributed by atoms with van der Waals surface area (Å²) in [6.45, 7) is 0. The molecular weight excluding hydrogens is 640 g/mol. The Hall–Kier alpha value is 1.12. The van der Waals surface area contributed by atoms with E-state index in [1.807, 2.05) is 24.3 Å². The molecule has 0 saturated carbocycles. The Balaban J connectivity index is 2.56. The van der Waals surface area contributed by atoms with Crippen molar-refractivity contribution in [3.8, 4) is 11.5 Å². The Labute approximate surface area is 161 Å². The van der Waals surface area contributed by atoms with Gasteiger partial charge in [0.25, 0.3) is 0 Å². The first kappa shape index (κ1) is 16.5. The number of para-hydroxylation sites is 1. The third kappa shape index (κ3) is 3.66. The van der Waals surface area contributed by atoms with E-state index in [0.29, 0.717) is 11.5 Å². The second-order valence-electron chi connectivity index (χ2n) is 3.45. The van der Waals surface area contributed by atoms with Gasteiger partial charge in [0.15, 0.2) is 11.5 Å². The molecule has 0 aromatic heterocycles. The van der Waals surface area contributed by atoms with Crippen LogP contribution in [-0.4, -0.2) is 0 Å². The van der Waals surface area contributed by atoms with Crippen molar-refractivity contribution in [3.63, 3.8) is 0 Å². The molecule has 100 valence electrons. The fourth-order valence-electron chi connectivity index (χ4n) is 1.32. The summed E-state index contributed by atoms with van der Waals surface area (Å²) in [5, 5.41) is 0. The topological polar surface area (TPSA) is 9.23 Å². The molecule has 7 heteroatoms. The molecule has 2 aromatic carbocycles. The lowest BCUT2D eigenvalue weighted by Gasteiger charge is -2.14. The molecule has 0 radical (unpaired) electrons. The highest BCUT2D eigenvalue weighted by Crippen LogP contribution is 2.47. The quantitative estimate of drug-likeness (QED) is 0.301. The third-order valence-electron chi connectivity index (χ3n) is 2.19. The number of benzene rings is 2. The number of ether oxygens (including phenoxy) is 1. The van der Waals surface area contributed by atoms with Gasteiger partial charge in [-0.25, -0.2) is 0 Å². The molecule has 19 heavy (non-hydrogen) atoms. The Kier molecular flexibility index (Phi) is 6.01. The molecule has 0 aliphatic rings. The number of hydrogen-bond acceptors (Lipinski definition) is 1. The van der Waals surface area contributed by atoms with E-state index in [0.717, 1.165) is 26.8 Å². The summed E-state index contributed by atoms with van der Waals surface area (Å²) in [5.41, 5.74) is 0. The molecule has 1 nitrogen and oxygen atoms in total. The molecular formula is C12H4Br6O. The van der Waals surface area contributed by atoms with Crippen LogP contribution in [-0.2, 0) is 0 Å². The van der Waals surface area contributed by atoms with Crippen molar-refractivity contribution in [2.24, 2.45) is 0 Å². The average molecular weight is 644 g/mol. The first-order chi connectivity index (χ1) is 8.91. The fraction of sp³-hybridized carbons (Fsp3) is 0. The molecule has 0 amide bonds. The van der Waals surface area contributed by atoms with Gasteiger partial charge in [0.2, 0.25) is 0 Å². The van der Waals surface area contributed by atoms with Crippen LogP contribution in [0.1, 0.15) is 0 Å². The van der Waals surface area contributed by atoms with Gasteiger partial charge in [-0.1, -0.05) is 6.07 Å². The molecule has 0 bridgehead atoms. The van der Waals surface area contributed by atoms with Crippen LogP contribution >= 0.6 is 95.6 Å². The maximum absolute atomic E-state index is 6.02. The second kappa shape index (κ2) is 6.92. The number of rotatable bonds is 2. The van der Waals surface area contributed by atoms with E-state index < -0.39 is 0 Å². The van der Waals surface area contributed by atoms with Crippen LogP contribution in [0.25, 0.3) is 0 Å². The van der Waals surface area contributed by atoms with Gasteiger partial charge in [0.05, 0.1) is 17.9 Å². The molecule has 0 fully saturated rings. The summed E-state index contributed by atoms with van der Waals surface area (Å²) in [5.74, 6) is 1.41. The third-order valence-corrected chi connectivity index (χ3v) is 7.33. The molecule has 0 aliphatic carbocycles. The summed E-state index contributed by atoms with van der Waals surface area (Å²) in [6.07, 6.45) is 0. The van der Waals surface area contributed by atoms with Gasteiger partial charge in [-0.05, 0) is 114 Å². The average Bonchev–Trinajstić information content (AvgIpc) is 2.35. The van der Waals surface area contributed by atoms with Crippen molar-refractivity contribution >= 4 is 95.6 Å². The molecule has 0 N–H and O–H groups in total. The van der Waals surface area contributed by atoms with Crippen LogP contribution in [0.2, 0.25) is 0 Å². The molecule has 0 atom stereocenters. The van der Waals surface area contributed by atoms with E-state index in [1.54, 1.807) is 0 Å². The molecule has 2 aromatic rings. The minimum atomic E-state index is 0.689. The molecule has 0 saturated heterocycles. The molecule has 0 unspecified atom stereocenters. The lowest BCUT2D eigenvalue weighted by molar-refractivity contribution is 0.469. The van der Waals surface area contributed by atoms with Gasteiger partial charge >= 0.3 is 0 Å². The van der Waals surface area contributed by atoms with Gasteiger partial charge in [-0.3, -0.25) is 0 Å². The minimum absolute atomic E-state index is 0.689. The van der Waals surface area contributed by atoms with Crippen molar-refractivity contribution in [2.45, 2.75) is 0 Å². The van der Waals surface area contributed by atoms with Crippen molar-refractivity contribution in [1.29, 1.82) is 0 Å². The highest BCUT2D eigenvalue weighted by molar-refractivity contribution is 9.14. The molecule has 2 rings (SSSR count). The lowest BCUT2D eigenvalue weighted by atomic mass is 10.3. The zero-order chi connectivity index (χ0) is 14.2. The molecule has 0 spiro atoms. The van der Waals surface area contributed by atoms with Crippen LogP contribution in [0.5, 0.6) is 11.5 Å². The van der Waals surface area contributed by atoms with Gasteiger partial charge in [0.1, 0.15) is 0 Å². The van der Waals surface area contributed by atoms with Crippen LogP contribution in [0.4, 0.5) is 0 Å². The zero-order valence-electron chi connectivity index (χ0n) is 8.99. The van der Waals surface area contributed by atoms with Gasteiger partial charge < -0.3 is 4.74 Å². The van der Waals surface area contributed by atoms with Gasteiger partial charge in [-0.15, -0.1) is 0 Å². The standard InChI is InChI=1S/C12H4Br6O/c13-5-2-1-3-6(14)11(5)19-12-9(17)7(15)4-8(16)10(12)18/h1-4H.